The maximum absolute atomic E-state index is 13.7. The molecule has 0 aliphatic heterocycles. The molecule has 0 fully saturated rings. The number of hydrogen-bond donors (Lipinski definition) is 1. The van der Waals surface area contributed by atoms with Crippen LogP contribution in [0.2, 0.25) is 0 Å². The summed E-state index contributed by atoms with van der Waals surface area (Å²) in [5.41, 5.74) is 6.96. The Morgan fingerprint density at radius 3 is 2.21 bits per heavy atom. The van der Waals surface area contributed by atoms with E-state index in [1.54, 1.807) is 0 Å². The predicted octanol–water partition coefficient (Wildman–Crippen LogP) is 4.36. The molecule has 4 heteroatoms. The van der Waals surface area contributed by atoms with Gasteiger partial charge >= 0.3 is 0 Å². The average molecular weight is 326 g/mol. The maximum atomic E-state index is 13.7. The van der Waals surface area contributed by atoms with Crippen LogP contribution in [0.3, 0.4) is 0 Å². The van der Waals surface area contributed by atoms with Crippen molar-refractivity contribution in [3.05, 3.63) is 69.7 Å². The van der Waals surface area contributed by atoms with Gasteiger partial charge in [-0.25, -0.2) is 8.78 Å². The van der Waals surface area contributed by atoms with Gasteiger partial charge in [-0.1, -0.05) is 46.3 Å². The molecule has 0 bridgehead atoms. The van der Waals surface area contributed by atoms with E-state index in [0.29, 0.717) is 17.3 Å². The first-order valence-corrected chi connectivity index (χ1v) is 6.81. The molecule has 2 N–H and O–H groups in total. The zero-order valence-corrected chi connectivity index (χ0v) is 11.8. The van der Waals surface area contributed by atoms with Gasteiger partial charge in [-0.15, -0.1) is 0 Å². The summed E-state index contributed by atoms with van der Waals surface area (Å²) in [7, 11) is 0. The Morgan fingerprint density at radius 2 is 1.63 bits per heavy atom. The van der Waals surface area contributed by atoms with Crippen LogP contribution >= 0.6 is 15.9 Å². The van der Waals surface area contributed by atoms with Crippen molar-refractivity contribution in [3.8, 4) is 0 Å². The van der Waals surface area contributed by atoms with E-state index in [1.807, 2.05) is 30.3 Å². The lowest BCUT2D eigenvalue weighted by atomic mass is 9.99. The molecule has 1 nitrogen and oxygen atoms in total. The van der Waals surface area contributed by atoms with E-state index in [1.165, 1.54) is 12.1 Å². The lowest BCUT2D eigenvalue weighted by Gasteiger charge is -2.14. The van der Waals surface area contributed by atoms with E-state index in [4.69, 9.17) is 5.73 Å². The van der Waals surface area contributed by atoms with Crippen LogP contribution in [0.4, 0.5) is 8.78 Å². The molecular formula is C15H14BrF2N. The SMILES string of the molecule is NC(CCc1ccccc1)c1c(F)cc(Br)cc1F. The standard InChI is InChI=1S/C15H14BrF2N/c16-11-8-12(17)15(13(18)9-11)14(19)7-6-10-4-2-1-3-5-10/h1-5,8-9,14H,6-7,19H2. The van der Waals surface area contributed by atoms with Gasteiger partial charge in [-0.05, 0) is 30.5 Å². The molecule has 100 valence electrons. The van der Waals surface area contributed by atoms with Gasteiger partial charge in [0.1, 0.15) is 11.6 Å². The van der Waals surface area contributed by atoms with E-state index in [9.17, 15) is 8.78 Å². The molecule has 0 radical (unpaired) electrons. The van der Waals surface area contributed by atoms with Crippen molar-refractivity contribution in [1.29, 1.82) is 0 Å². The Labute approximate surface area is 119 Å². The van der Waals surface area contributed by atoms with Crippen LogP contribution in [0.25, 0.3) is 0 Å². The fraction of sp³-hybridized carbons (Fsp3) is 0.200. The van der Waals surface area contributed by atoms with Crippen molar-refractivity contribution >= 4 is 15.9 Å². The molecule has 0 heterocycles. The molecule has 0 spiro atoms. The number of rotatable bonds is 4. The zero-order valence-electron chi connectivity index (χ0n) is 10.2. The van der Waals surface area contributed by atoms with E-state index in [0.717, 1.165) is 5.56 Å². The summed E-state index contributed by atoms with van der Waals surface area (Å²) in [4.78, 5) is 0. The van der Waals surface area contributed by atoms with Crippen molar-refractivity contribution in [2.24, 2.45) is 5.73 Å². The molecule has 0 saturated carbocycles. The number of hydrogen-bond acceptors (Lipinski definition) is 1. The number of halogens is 3. The zero-order chi connectivity index (χ0) is 13.8. The molecule has 0 aliphatic carbocycles. The van der Waals surface area contributed by atoms with Gasteiger partial charge in [0.25, 0.3) is 0 Å². The van der Waals surface area contributed by atoms with Crippen LogP contribution in [-0.2, 0) is 6.42 Å². The third kappa shape index (κ3) is 3.61. The smallest absolute Gasteiger partial charge is 0.132 e. The summed E-state index contributed by atoms with van der Waals surface area (Å²) in [5.74, 6) is -1.21. The molecule has 0 aromatic heterocycles. The van der Waals surface area contributed by atoms with Crippen molar-refractivity contribution in [3.63, 3.8) is 0 Å². The minimum absolute atomic E-state index is 0.0425. The van der Waals surface area contributed by atoms with Gasteiger partial charge in [-0.2, -0.15) is 0 Å². The summed E-state index contributed by atoms with van der Waals surface area (Å²) < 4.78 is 27.9. The fourth-order valence-electron chi connectivity index (χ4n) is 2.02. The van der Waals surface area contributed by atoms with Crippen molar-refractivity contribution in [2.75, 3.05) is 0 Å². The van der Waals surface area contributed by atoms with Crippen LogP contribution < -0.4 is 5.73 Å². The number of benzene rings is 2. The maximum Gasteiger partial charge on any atom is 0.132 e. The van der Waals surface area contributed by atoms with Crippen molar-refractivity contribution in [2.45, 2.75) is 18.9 Å². The second-order valence-electron chi connectivity index (χ2n) is 4.41. The van der Waals surface area contributed by atoms with Gasteiger partial charge in [-0.3, -0.25) is 0 Å². The number of aryl methyl sites for hydroxylation is 1. The Kier molecular flexibility index (Phi) is 4.66. The largest absolute Gasteiger partial charge is 0.324 e. The minimum Gasteiger partial charge on any atom is -0.324 e. The monoisotopic (exact) mass is 325 g/mol. The van der Waals surface area contributed by atoms with Crippen molar-refractivity contribution in [1.82, 2.24) is 0 Å². The second kappa shape index (κ2) is 6.26. The molecule has 1 atom stereocenters. The van der Waals surface area contributed by atoms with Crippen molar-refractivity contribution < 1.29 is 8.78 Å². The molecule has 2 rings (SSSR count). The topological polar surface area (TPSA) is 26.0 Å². The van der Waals surface area contributed by atoms with Crippen LogP contribution in [0.5, 0.6) is 0 Å². The fourth-order valence-corrected chi connectivity index (χ4v) is 2.42. The molecule has 2 aromatic carbocycles. The highest BCUT2D eigenvalue weighted by molar-refractivity contribution is 9.10. The van der Waals surface area contributed by atoms with Crippen LogP contribution in [0.1, 0.15) is 23.6 Å². The van der Waals surface area contributed by atoms with Gasteiger partial charge in [0.2, 0.25) is 0 Å². The number of nitrogens with two attached hydrogens (primary N) is 1. The Hall–Kier alpha value is -1.26. The molecule has 0 amide bonds. The highest BCUT2D eigenvalue weighted by Gasteiger charge is 2.17. The first-order valence-electron chi connectivity index (χ1n) is 6.02. The summed E-state index contributed by atoms with van der Waals surface area (Å²) >= 11 is 3.05. The summed E-state index contributed by atoms with van der Waals surface area (Å²) in [5, 5.41) is 0. The Bertz CT molecular complexity index is 534. The van der Waals surface area contributed by atoms with E-state index in [-0.39, 0.29) is 5.56 Å². The van der Waals surface area contributed by atoms with E-state index in [2.05, 4.69) is 15.9 Å². The normalized spacial score (nSPS) is 12.4. The second-order valence-corrected chi connectivity index (χ2v) is 5.33. The Balaban J connectivity index is 2.10. The predicted molar refractivity (Wildman–Crippen MR) is 75.7 cm³/mol. The van der Waals surface area contributed by atoms with Crippen LogP contribution in [0.15, 0.2) is 46.9 Å². The first kappa shape index (κ1) is 14.2. The summed E-state index contributed by atoms with van der Waals surface area (Å²) in [6.45, 7) is 0. The molecule has 19 heavy (non-hydrogen) atoms. The van der Waals surface area contributed by atoms with Crippen LogP contribution in [-0.4, -0.2) is 0 Å². The third-order valence-corrected chi connectivity index (χ3v) is 3.46. The Morgan fingerprint density at radius 1 is 1.05 bits per heavy atom. The van der Waals surface area contributed by atoms with Gasteiger partial charge in [0, 0.05) is 16.1 Å². The third-order valence-electron chi connectivity index (χ3n) is 3.00. The molecule has 0 saturated heterocycles. The molecular weight excluding hydrogens is 312 g/mol. The van der Waals surface area contributed by atoms with E-state index >= 15 is 0 Å². The highest BCUT2D eigenvalue weighted by atomic mass is 79.9. The summed E-state index contributed by atoms with van der Waals surface area (Å²) in [6, 6.07) is 11.6. The van der Waals surface area contributed by atoms with Gasteiger partial charge in [0.05, 0.1) is 0 Å². The highest BCUT2D eigenvalue weighted by Crippen LogP contribution is 2.26. The van der Waals surface area contributed by atoms with Crippen LogP contribution in [0, 0.1) is 11.6 Å². The van der Waals surface area contributed by atoms with Gasteiger partial charge < -0.3 is 5.73 Å². The molecule has 2 aromatic rings. The van der Waals surface area contributed by atoms with E-state index < -0.39 is 17.7 Å². The summed E-state index contributed by atoms with van der Waals surface area (Å²) in [6.07, 6.45) is 1.19. The quantitative estimate of drug-likeness (QED) is 0.888. The molecule has 1 unspecified atom stereocenters. The first-order chi connectivity index (χ1) is 9.08. The minimum atomic E-state index is -0.645. The molecule has 0 aliphatic rings. The lowest BCUT2D eigenvalue weighted by Crippen LogP contribution is -2.15. The van der Waals surface area contributed by atoms with Gasteiger partial charge in [0.15, 0.2) is 0 Å². The lowest BCUT2D eigenvalue weighted by molar-refractivity contribution is 0.511. The average Bonchev–Trinajstić information content (AvgIpc) is 2.36.